The highest BCUT2D eigenvalue weighted by molar-refractivity contribution is 5.99. The number of carbonyl (C=O) groups is 2. The van der Waals surface area contributed by atoms with Crippen molar-refractivity contribution in [2.45, 2.75) is 12.8 Å². The van der Waals surface area contributed by atoms with E-state index < -0.39 is 12.0 Å². The van der Waals surface area contributed by atoms with Crippen molar-refractivity contribution < 1.29 is 19.4 Å². The van der Waals surface area contributed by atoms with Gasteiger partial charge in [-0.05, 0) is 36.2 Å². The molecular formula is C19H22N4O4. The van der Waals surface area contributed by atoms with E-state index in [0.29, 0.717) is 31.1 Å². The second-order valence-corrected chi connectivity index (χ2v) is 6.17. The van der Waals surface area contributed by atoms with Crippen LogP contribution in [0, 0.1) is 0 Å². The molecule has 2 amide bonds. The third-order valence-corrected chi connectivity index (χ3v) is 4.18. The van der Waals surface area contributed by atoms with Gasteiger partial charge in [0.2, 0.25) is 0 Å². The van der Waals surface area contributed by atoms with Crippen LogP contribution < -0.4 is 15.5 Å². The minimum absolute atomic E-state index is 0.0507. The van der Waals surface area contributed by atoms with Crippen molar-refractivity contribution in [1.82, 2.24) is 4.98 Å². The van der Waals surface area contributed by atoms with Gasteiger partial charge in [0.05, 0.1) is 25.1 Å². The number of morpholine rings is 1. The minimum Gasteiger partial charge on any atom is -0.481 e. The molecule has 1 saturated heterocycles. The van der Waals surface area contributed by atoms with Crippen LogP contribution in [0.15, 0.2) is 42.6 Å². The van der Waals surface area contributed by atoms with Crippen molar-refractivity contribution in [3.05, 3.63) is 48.2 Å². The second kappa shape index (κ2) is 9.00. The lowest BCUT2D eigenvalue weighted by Gasteiger charge is -2.28. The smallest absolute Gasteiger partial charge is 0.324 e. The summed E-state index contributed by atoms with van der Waals surface area (Å²) in [7, 11) is 0. The van der Waals surface area contributed by atoms with Crippen LogP contribution in [0.25, 0.3) is 0 Å². The van der Waals surface area contributed by atoms with Crippen LogP contribution in [0.3, 0.4) is 0 Å². The molecule has 0 aliphatic carbocycles. The Morgan fingerprint density at radius 2 is 1.96 bits per heavy atom. The SMILES string of the molecule is O=C(O)CCc1cccc(NC(=O)Nc2ccc(N3CCOCC3)cn2)c1. The molecule has 3 rings (SSSR count). The normalized spacial score (nSPS) is 13.9. The molecule has 1 fully saturated rings. The van der Waals surface area contributed by atoms with Crippen molar-refractivity contribution in [3.63, 3.8) is 0 Å². The quantitative estimate of drug-likeness (QED) is 0.722. The highest BCUT2D eigenvalue weighted by Crippen LogP contribution is 2.17. The molecule has 1 aromatic carbocycles. The third kappa shape index (κ3) is 5.68. The van der Waals surface area contributed by atoms with Crippen LogP contribution in [-0.4, -0.2) is 48.4 Å². The van der Waals surface area contributed by atoms with E-state index in [1.165, 1.54) is 0 Å². The number of hydrogen-bond donors (Lipinski definition) is 3. The number of pyridine rings is 1. The maximum Gasteiger partial charge on any atom is 0.324 e. The van der Waals surface area contributed by atoms with E-state index in [0.717, 1.165) is 24.3 Å². The lowest BCUT2D eigenvalue weighted by molar-refractivity contribution is -0.136. The highest BCUT2D eigenvalue weighted by atomic mass is 16.5. The van der Waals surface area contributed by atoms with E-state index in [-0.39, 0.29) is 6.42 Å². The van der Waals surface area contributed by atoms with E-state index in [1.807, 2.05) is 12.1 Å². The summed E-state index contributed by atoms with van der Waals surface area (Å²) in [6.45, 7) is 3.06. The lowest BCUT2D eigenvalue weighted by Crippen LogP contribution is -2.36. The molecule has 1 aliphatic rings. The predicted molar refractivity (Wildman–Crippen MR) is 102 cm³/mol. The summed E-state index contributed by atoms with van der Waals surface area (Å²) < 4.78 is 5.33. The van der Waals surface area contributed by atoms with Gasteiger partial charge >= 0.3 is 12.0 Å². The van der Waals surface area contributed by atoms with Gasteiger partial charge in [0.1, 0.15) is 5.82 Å². The van der Waals surface area contributed by atoms with E-state index in [4.69, 9.17) is 9.84 Å². The van der Waals surface area contributed by atoms with Gasteiger partial charge in [-0.2, -0.15) is 0 Å². The molecule has 3 N–H and O–H groups in total. The number of urea groups is 1. The third-order valence-electron chi connectivity index (χ3n) is 4.18. The van der Waals surface area contributed by atoms with Crippen LogP contribution in [0.5, 0.6) is 0 Å². The van der Waals surface area contributed by atoms with E-state index in [9.17, 15) is 9.59 Å². The van der Waals surface area contributed by atoms with Crippen molar-refractivity contribution in [1.29, 1.82) is 0 Å². The Labute approximate surface area is 157 Å². The summed E-state index contributed by atoms with van der Waals surface area (Å²) in [6, 6.07) is 10.4. The first kappa shape index (κ1) is 18.7. The molecule has 1 aromatic heterocycles. The van der Waals surface area contributed by atoms with Gasteiger partial charge in [-0.3, -0.25) is 10.1 Å². The maximum atomic E-state index is 12.2. The van der Waals surface area contributed by atoms with Gasteiger partial charge in [0.15, 0.2) is 0 Å². The fourth-order valence-corrected chi connectivity index (χ4v) is 2.80. The Balaban J connectivity index is 1.54. The first-order chi connectivity index (χ1) is 13.1. The van der Waals surface area contributed by atoms with E-state index in [2.05, 4.69) is 20.5 Å². The number of ether oxygens (including phenoxy) is 1. The number of hydrogen-bond acceptors (Lipinski definition) is 5. The highest BCUT2D eigenvalue weighted by Gasteiger charge is 2.12. The summed E-state index contributed by atoms with van der Waals surface area (Å²) in [4.78, 5) is 29.3. The minimum atomic E-state index is -0.849. The van der Waals surface area contributed by atoms with Crippen molar-refractivity contribution in [2.75, 3.05) is 41.8 Å². The summed E-state index contributed by atoms with van der Waals surface area (Å²) in [5.74, 6) is -0.399. The molecule has 0 atom stereocenters. The average molecular weight is 370 g/mol. The number of anilines is 3. The van der Waals surface area contributed by atoms with Gasteiger partial charge in [0.25, 0.3) is 0 Å². The largest absolute Gasteiger partial charge is 0.481 e. The molecule has 0 unspecified atom stereocenters. The van der Waals surface area contributed by atoms with E-state index in [1.54, 1.807) is 30.5 Å². The number of rotatable bonds is 6. The monoisotopic (exact) mass is 370 g/mol. The summed E-state index contributed by atoms with van der Waals surface area (Å²) in [5, 5.41) is 14.2. The maximum absolute atomic E-state index is 12.2. The van der Waals surface area contributed by atoms with Crippen LogP contribution in [0.2, 0.25) is 0 Å². The predicted octanol–water partition coefficient (Wildman–Crippen LogP) is 2.58. The molecule has 8 heteroatoms. The lowest BCUT2D eigenvalue weighted by atomic mass is 10.1. The van der Waals surface area contributed by atoms with Gasteiger partial charge in [-0.1, -0.05) is 12.1 Å². The zero-order valence-electron chi connectivity index (χ0n) is 14.9. The number of carboxylic acid groups (broad SMARTS) is 1. The topological polar surface area (TPSA) is 104 Å². The van der Waals surface area contributed by atoms with Crippen LogP contribution in [0.4, 0.5) is 22.0 Å². The molecule has 0 radical (unpaired) electrons. The zero-order valence-corrected chi connectivity index (χ0v) is 14.9. The fourth-order valence-electron chi connectivity index (χ4n) is 2.80. The van der Waals surface area contributed by atoms with Gasteiger partial charge < -0.3 is 20.1 Å². The van der Waals surface area contributed by atoms with Crippen molar-refractivity contribution >= 4 is 29.2 Å². The fraction of sp³-hybridized carbons (Fsp3) is 0.316. The van der Waals surface area contributed by atoms with Crippen molar-refractivity contribution in [2.24, 2.45) is 0 Å². The molecule has 0 spiro atoms. The molecule has 1 aliphatic heterocycles. The first-order valence-electron chi connectivity index (χ1n) is 8.77. The molecule has 27 heavy (non-hydrogen) atoms. The number of aromatic nitrogens is 1. The number of aryl methyl sites for hydroxylation is 1. The van der Waals surface area contributed by atoms with Crippen LogP contribution in [-0.2, 0) is 16.0 Å². The van der Waals surface area contributed by atoms with Crippen LogP contribution >= 0.6 is 0 Å². The van der Waals surface area contributed by atoms with Gasteiger partial charge in [-0.15, -0.1) is 0 Å². The number of carbonyl (C=O) groups excluding carboxylic acids is 1. The summed E-state index contributed by atoms with van der Waals surface area (Å²) in [5.41, 5.74) is 2.44. The van der Waals surface area contributed by atoms with Crippen molar-refractivity contribution in [3.8, 4) is 0 Å². The standard InChI is InChI=1S/C19H22N4O4/c24-18(25)7-4-14-2-1-3-15(12-14)21-19(26)22-17-6-5-16(13-20-17)23-8-10-27-11-9-23/h1-3,5-6,12-13H,4,7-11H2,(H,24,25)(H2,20,21,22,26). The molecule has 8 nitrogen and oxygen atoms in total. The molecule has 142 valence electrons. The number of nitrogens with one attached hydrogen (secondary N) is 2. The molecule has 0 saturated carbocycles. The molecule has 2 heterocycles. The molecular weight excluding hydrogens is 348 g/mol. The number of amides is 2. The van der Waals surface area contributed by atoms with Gasteiger partial charge in [-0.25, -0.2) is 9.78 Å². The summed E-state index contributed by atoms with van der Waals surface area (Å²) >= 11 is 0. The summed E-state index contributed by atoms with van der Waals surface area (Å²) in [6.07, 6.45) is 2.19. The van der Waals surface area contributed by atoms with Crippen LogP contribution in [0.1, 0.15) is 12.0 Å². The Morgan fingerprint density at radius 1 is 1.15 bits per heavy atom. The zero-order chi connectivity index (χ0) is 19.1. The Morgan fingerprint density at radius 3 is 2.67 bits per heavy atom. The van der Waals surface area contributed by atoms with Gasteiger partial charge in [0, 0.05) is 25.2 Å². The molecule has 0 bridgehead atoms. The number of benzene rings is 1. The first-order valence-corrected chi connectivity index (χ1v) is 8.77. The Hall–Kier alpha value is -3.13. The van der Waals surface area contributed by atoms with E-state index >= 15 is 0 Å². The number of carboxylic acids is 1. The molecule has 2 aromatic rings. The Kier molecular flexibility index (Phi) is 6.22. The number of aliphatic carboxylic acids is 1. The number of nitrogens with zero attached hydrogens (tertiary/aromatic N) is 2. The average Bonchev–Trinajstić information content (AvgIpc) is 2.68. The second-order valence-electron chi connectivity index (χ2n) is 6.17. The Bertz CT molecular complexity index is 789.